The van der Waals surface area contributed by atoms with E-state index >= 15 is 0 Å². The lowest BCUT2D eigenvalue weighted by Gasteiger charge is -2.32. The maximum absolute atomic E-state index is 14.3. The third-order valence-electron chi connectivity index (χ3n) is 7.00. The van der Waals surface area contributed by atoms with E-state index in [-0.39, 0.29) is 11.1 Å². The van der Waals surface area contributed by atoms with Crippen molar-refractivity contribution < 1.29 is 48.7 Å². The summed E-state index contributed by atoms with van der Waals surface area (Å²) in [5, 5.41) is 49.1. The fourth-order valence-corrected chi connectivity index (χ4v) is 4.64. The van der Waals surface area contributed by atoms with Gasteiger partial charge in [-0.25, -0.2) is 18.3 Å². The second kappa shape index (κ2) is 13.7. The summed E-state index contributed by atoms with van der Waals surface area (Å²) < 4.78 is 30.3. The molecule has 0 saturated carbocycles. The van der Waals surface area contributed by atoms with E-state index in [4.69, 9.17) is 20.4 Å². The number of aromatic hydroxyl groups is 1. The Morgan fingerprint density at radius 3 is 2.05 bits per heavy atom. The van der Waals surface area contributed by atoms with Crippen LogP contribution in [0.1, 0.15) is 25.5 Å². The fourth-order valence-electron chi connectivity index (χ4n) is 4.64. The molecule has 14 nitrogen and oxygen atoms in total. The number of carboxylic acids is 3. The number of pyridine rings is 1. The van der Waals surface area contributed by atoms with E-state index < -0.39 is 64.7 Å². The number of nitrogens with one attached hydrogen (secondary N) is 1. The van der Waals surface area contributed by atoms with Gasteiger partial charge in [-0.1, -0.05) is 13.0 Å². The van der Waals surface area contributed by atoms with E-state index in [0.717, 1.165) is 44.9 Å². The summed E-state index contributed by atoms with van der Waals surface area (Å²) in [7, 11) is 2.09. The first kappa shape index (κ1) is 33.1. The van der Waals surface area contributed by atoms with E-state index in [0.29, 0.717) is 24.3 Å². The number of aliphatic hydroxyl groups is 1. The molecule has 1 aliphatic rings. The molecule has 0 amide bonds. The van der Waals surface area contributed by atoms with E-state index in [1.54, 1.807) is 4.68 Å². The number of aromatic amines is 1. The van der Waals surface area contributed by atoms with Crippen LogP contribution < -0.4 is 5.43 Å². The van der Waals surface area contributed by atoms with Crippen molar-refractivity contribution in [1.82, 2.24) is 24.6 Å². The monoisotopic (exact) mass is 609 g/mol. The molecule has 2 aromatic heterocycles. The number of aryl methyl sites for hydroxylation is 1. The van der Waals surface area contributed by atoms with Crippen molar-refractivity contribution in [3.63, 3.8) is 0 Å². The molecule has 0 unspecified atom stereocenters. The zero-order valence-corrected chi connectivity index (χ0v) is 23.5. The molecule has 0 atom stereocenters. The number of carboxylic acid groups (broad SMARTS) is 3. The minimum atomic E-state index is -2.74. The number of piperazine rings is 1. The number of H-pyrrole nitrogens is 1. The van der Waals surface area contributed by atoms with Gasteiger partial charge in [0.15, 0.2) is 11.4 Å². The van der Waals surface area contributed by atoms with Crippen LogP contribution in [0, 0.1) is 11.6 Å². The van der Waals surface area contributed by atoms with Gasteiger partial charge >= 0.3 is 17.9 Å². The van der Waals surface area contributed by atoms with E-state index in [9.17, 15) is 33.1 Å². The van der Waals surface area contributed by atoms with Gasteiger partial charge in [0.2, 0.25) is 5.43 Å². The summed E-state index contributed by atoms with van der Waals surface area (Å²) in [6, 6.07) is 3.41. The molecule has 16 heteroatoms. The molecule has 0 spiro atoms. The maximum Gasteiger partial charge on any atom is 0.336 e. The molecule has 1 aliphatic heterocycles. The van der Waals surface area contributed by atoms with Crippen LogP contribution in [0.15, 0.2) is 23.0 Å². The van der Waals surface area contributed by atoms with Gasteiger partial charge < -0.3 is 35.4 Å². The largest absolute Gasteiger partial charge is 0.503 e. The van der Waals surface area contributed by atoms with Gasteiger partial charge in [-0.05, 0) is 25.6 Å². The van der Waals surface area contributed by atoms with Crippen LogP contribution in [0.4, 0.5) is 8.78 Å². The highest BCUT2D eigenvalue weighted by atomic mass is 19.1. The first-order valence-corrected chi connectivity index (χ1v) is 13.3. The lowest BCUT2D eigenvalue weighted by atomic mass is 9.96. The molecule has 4 rings (SSSR count). The summed E-state index contributed by atoms with van der Waals surface area (Å²) in [4.78, 5) is 50.9. The van der Waals surface area contributed by atoms with Crippen molar-refractivity contribution in [2.24, 2.45) is 0 Å². The smallest absolute Gasteiger partial charge is 0.336 e. The Morgan fingerprint density at radius 2 is 1.56 bits per heavy atom. The SMILES string of the molecule is CCc1nn(CCN2CCN(C)CC2)c2[nH]c(-c3c(F)cccc3F)c(O)c(=O)c12.O=C(O)CC(O)(CC(=O)O)C(=O)O. The normalized spacial score (nSPS) is 14.3. The van der Waals surface area contributed by atoms with Gasteiger partial charge in [0.05, 0.1) is 41.7 Å². The van der Waals surface area contributed by atoms with Crippen LogP contribution >= 0.6 is 0 Å². The quantitative estimate of drug-likeness (QED) is 0.190. The summed E-state index contributed by atoms with van der Waals surface area (Å²) in [5.74, 6) is -7.45. The number of halogens is 2. The third kappa shape index (κ3) is 7.71. The average molecular weight is 610 g/mol. The maximum atomic E-state index is 14.3. The van der Waals surface area contributed by atoms with Gasteiger partial charge in [-0.15, -0.1) is 0 Å². The fraction of sp³-hybridized carbons (Fsp3) is 0.444. The van der Waals surface area contributed by atoms with Gasteiger partial charge in [0.1, 0.15) is 17.3 Å². The number of hydrogen-bond donors (Lipinski definition) is 6. The molecule has 1 aromatic carbocycles. The number of likely N-dealkylation sites (N-methyl/N-ethyl adjacent to an activating group) is 1. The molecule has 3 heterocycles. The van der Waals surface area contributed by atoms with Crippen LogP contribution in [0.3, 0.4) is 0 Å². The number of carbonyl (C=O) groups is 3. The second-order valence-corrected chi connectivity index (χ2v) is 10.1. The molecule has 0 bridgehead atoms. The van der Waals surface area contributed by atoms with Crippen LogP contribution in [0.5, 0.6) is 5.75 Å². The van der Waals surface area contributed by atoms with Crippen LogP contribution in [0.25, 0.3) is 22.3 Å². The molecule has 1 fully saturated rings. The average Bonchev–Trinajstić information content (AvgIpc) is 3.28. The Hall–Kier alpha value is -4.41. The molecule has 1 saturated heterocycles. The number of rotatable bonds is 10. The molecular weight excluding hydrogens is 576 g/mol. The highest BCUT2D eigenvalue weighted by Crippen LogP contribution is 2.31. The van der Waals surface area contributed by atoms with Crippen LogP contribution in [-0.2, 0) is 27.3 Å². The Morgan fingerprint density at radius 1 is 1.00 bits per heavy atom. The Labute approximate surface area is 243 Å². The predicted molar refractivity (Wildman–Crippen MR) is 148 cm³/mol. The first-order chi connectivity index (χ1) is 20.2. The van der Waals surface area contributed by atoms with E-state index in [1.165, 1.54) is 6.07 Å². The van der Waals surface area contributed by atoms with Gasteiger partial charge in [0, 0.05) is 32.7 Å². The highest BCUT2D eigenvalue weighted by molar-refractivity contribution is 5.88. The predicted octanol–water partition coefficient (Wildman–Crippen LogP) is 0.937. The number of aromatic nitrogens is 3. The van der Waals surface area contributed by atoms with Gasteiger partial charge in [0.25, 0.3) is 0 Å². The van der Waals surface area contributed by atoms with E-state index in [1.807, 2.05) is 6.92 Å². The van der Waals surface area contributed by atoms with Gasteiger partial charge in [-0.3, -0.25) is 19.3 Å². The number of fused-ring (bicyclic) bond motifs is 1. The summed E-state index contributed by atoms with van der Waals surface area (Å²) in [6.07, 6.45) is -1.79. The highest BCUT2D eigenvalue weighted by Gasteiger charge is 2.40. The molecule has 3 aromatic rings. The topological polar surface area (TPSA) is 210 Å². The first-order valence-electron chi connectivity index (χ1n) is 13.3. The standard InChI is InChI=1S/C21H25F2N5O2.C6H8O7/c1-3-15-17-19(29)20(30)18(16-13(22)5-4-6-14(16)23)24-21(17)28(25-15)12-11-27-9-7-26(2)8-10-27;7-3(8)1-6(13,5(11)12)2-4(9)10/h4-6,30H,3,7-12H2,1-2H3,(H,24,29);13H,1-2H2,(H,7,8)(H,9,10)(H,11,12). The van der Waals surface area contributed by atoms with Crippen molar-refractivity contribution in [3.8, 4) is 17.0 Å². The van der Waals surface area contributed by atoms with Crippen LogP contribution in [0.2, 0.25) is 0 Å². The van der Waals surface area contributed by atoms with Crippen molar-refractivity contribution in [2.45, 2.75) is 38.3 Å². The van der Waals surface area contributed by atoms with Gasteiger partial charge in [-0.2, -0.15) is 5.10 Å². The number of aliphatic carboxylic acids is 3. The molecule has 43 heavy (non-hydrogen) atoms. The zero-order valence-electron chi connectivity index (χ0n) is 23.5. The van der Waals surface area contributed by atoms with Crippen molar-refractivity contribution in [1.29, 1.82) is 0 Å². The summed E-state index contributed by atoms with van der Waals surface area (Å²) in [6.45, 7) is 6.98. The summed E-state index contributed by atoms with van der Waals surface area (Å²) in [5.41, 5.74) is -3.24. The zero-order chi connectivity index (χ0) is 32.1. The van der Waals surface area contributed by atoms with Crippen molar-refractivity contribution in [3.05, 3.63) is 45.8 Å². The lowest BCUT2D eigenvalue weighted by Crippen LogP contribution is -2.45. The minimum Gasteiger partial charge on any atom is -0.503 e. The Kier molecular flexibility index (Phi) is 10.6. The lowest BCUT2D eigenvalue weighted by molar-refractivity contribution is -0.170. The minimum absolute atomic E-state index is 0.258. The molecule has 234 valence electrons. The molecule has 0 aliphatic carbocycles. The molecule has 0 radical (unpaired) electrons. The number of nitrogens with zero attached hydrogens (tertiary/aromatic N) is 4. The van der Waals surface area contributed by atoms with Crippen molar-refractivity contribution >= 4 is 28.9 Å². The summed E-state index contributed by atoms with van der Waals surface area (Å²) >= 11 is 0. The molecular formula is C27H33F2N5O9. The van der Waals surface area contributed by atoms with E-state index in [2.05, 4.69) is 26.9 Å². The molecule has 6 N–H and O–H groups in total. The second-order valence-electron chi connectivity index (χ2n) is 10.1. The third-order valence-corrected chi connectivity index (χ3v) is 7.00. The van der Waals surface area contributed by atoms with Crippen molar-refractivity contribution in [2.75, 3.05) is 39.8 Å². The van der Waals surface area contributed by atoms with Crippen LogP contribution in [-0.4, -0.2) is 113 Å². The number of benzene rings is 1. The Balaban J connectivity index is 0.000000331. The Bertz CT molecular complexity index is 1530. The number of hydrogen-bond acceptors (Lipinski definition) is 9.